The zero-order chi connectivity index (χ0) is 11.1. The Kier molecular flexibility index (Phi) is 5.29. The molecule has 0 saturated heterocycles. The van der Waals surface area contributed by atoms with Gasteiger partial charge in [-0.3, -0.25) is 0 Å². The maximum Gasteiger partial charge on any atom is 0.123 e. The lowest BCUT2D eigenvalue weighted by atomic mass is 10.0. The van der Waals surface area contributed by atoms with Gasteiger partial charge in [0.25, 0.3) is 0 Å². The highest BCUT2D eigenvalue weighted by Crippen LogP contribution is 2.17. The number of hydrogen-bond acceptors (Lipinski definition) is 2. The molecule has 0 aromatic heterocycles. The van der Waals surface area contributed by atoms with Gasteiger partial charge in [0.2, 0.25) is 0 Å². The second-order valence-electron chi connectivity index (χ2n) is 3.61. The van der Waals surface area contributed by atoms with E-state index in [-0.39, 0.29) is 11.9 Å². The molecule has 1 unspecified atom stereocenters. The van der Waals surface area contributed by atoms with Crippen LogP contribution in [0.1, 0.15) is 31.4 Å². The van der Waals surface area contributed by atoms with Crippen LogP contribution in [0.3, 0.4) is 0 Å². The zero-order valence-corrected chi connectivity index (χ0v) is 9.17. The first-order valence-electron chi connectivity index (χ1n) is 5.46. The predicted octanol–water partition coefficient (Wildman–Crippen LogP) is 2.22. The van der Waals surface area contributed by atoms with E-state index in [0.29, 0.717) is 6.54 Å². The molecule has 0 radical (unpaired) electrons. The van der Waals surface area contributed by atoms with E-state index in [9.17, 15) is 4.39 Å². The van der Waals surface area contributed by atoms with Crippen LogP contribution >= 0.6 is 0 Å². The fourth-order valence-corrected chi connectivity index (χ4v) is 1.60. The average molecular weight is 210 g/mol. The van der Waals surface area contributed by atoms with Gasteiger partial charge in [-0.25, -0.2) is 4.39 Å². The summed E-state index contributed by atoms with van der Waals surface area (Å²) in [6.45, 7) is 3.66. The molecule has 0 aliphatic rings. The van der Waals surface area contributed by atoms with Crippen molar-refractivity contribution in [1.29, 1.82) is 0 Å². The number of rotatable bonds is 6. The van der Waals surface area contributed by atoms with Crippen LogP contribution in [-0.2, 0) is 0 Å². The minimum atomic E-state index is -0.174. The van der Waals surface area contributed by atoms with Crippen molar-refractivity contribution < 1.29 is 4.39 Å². The second kappa shape index (κ2) is 6.53. The van der Waals surface area contributed by atoms with Crippen molar-refractivity contribution in [3.63, 3.8) is 0 Å². The van der Waals surface area contributed by atoms with Gasteiger partial charge in [0, 0.05) is 6.04 Å². The molecule has 0 aliphatic carbocycles. The Morgan fingerprint density at radius 3 is 2.87 bits per heavy atom. The van der Waals surface area contributed by atoms with Crippen LogP contribution in [0.5, 0.6) is 0 Å². The molecular weight excluding hydrogens is 191 g/mol. The van der Waals surface area contributed by atoms with Crippen molar-refractivity contribution in [1.82, 2.24) is 5.32 Å². The lowest BCUT2D eigenvalue weighted by molar-refractivity contribution is 0.509. The van der Waals surface area contributed by atoms with Crippen LogP contribution in [0.2, 0.25) is 0 Å². The maximum atomic E-state index is 13.0. The Morgan fingerprint density at radius 1 is 1.47 bits per heavy atom. The quantitative estimate of drug-likeness (QED) is 0.706. The fraction of sp³-hybridized carbons (Fsp3) is 0.500. The number of benzene rings is 1. The van der Waals surface area contributed by atoms with Gasteiger partial charge in [-0.1, -0.05) is 19.1 Å². The molecular formula is C12H19FN2. The molecule has 3 N–H and O–H groups in total. The Labute approximate surface area is 90.7 Å². The lowest BCUT2D eigenvalue weighted by Crippen LogP contribution is -2.23. The Morgan fingerprint density at radius 2 is 2.27 bits per heavy atom. The summed E-state index contributed by atoms with van der Waals surface area (Å²) in [5.74, 6) is -0.174. The van der Waals surface area contributed by atoms with Crippen LogP contribution in [0.25, 0.3) is 0 Å². The third kappa shape index (κ3) is 3.98. The first-order valence-corrected chi connectivity index (χ1v) is 5.46. The van der Waals surface area contributed by atoms with Gasteiger partial charge in [0.05, 0.1) is 0 Å². The Bertz CT molecular complexity index is 289. The molecule has 15 heavy (non-hydrogen) atoms. The number of nitrogens with two attached hydrogens (primary N) is 1. The van der Waals surface area contributed by atoms with E-state index in [0.717, 1.165) is 24.9 Å². The molecule has 84 valence electrons. The Hall–Kier alpha value is -0.930. The van der Waals surface area contributed by atoms with Crippen molar-refractivity contribution in [3.8, 4) is 0 Å². The zero-order valence-electron chi connectivity index (χ0n) is 9.17. The summed E-state index contributed by atoms with van der Waals surface area (Å²) in [5.41, 5.74) is 6.43. The van der Waals surface area contributed by atoms with E-state index in [1.54, 1.807) is 12.1 Å². The predicted molar refractivity (Wildman–Crippen MR) is 61.1 cm³/mol. The normalized spacial score (nSPS) is 12.7. The van der Waals surface area contributed by atoms with Crippen LogP contribution in [0, 0.1) is 5.82 Å². The first kappa shape index (κ1) is 12.1. The average Bonchev–Trinajstić information content (AvgIpc) is 2.24. The summed E-state index contributed by atoms with van der Waals surface area (Å²) < 4.78 is 13.0. The van der Waals surface area contributed by atoms with Gasteiger partial charge in [-0.05, 0) is 43.6 Å². The molecule has 0 amide bonds. The van der Waals surface area contributed by atoms with E-state index in [2.05, 4.69) is 12.2 Å². The van der Waals surface area contributed by atoms with E-state index in [1.165, 1.54) is 6.07 Å². The van der Waals surface area contributed by atoms with E-state index in [4.69, 9.17) is 5.73 Å². The molecule has 1 rings (SSSR count). The highest BCUT2D eigenvalue weighted by molar-refractivity contribution is 5.19. The molecule has 2 nitrogen and oxygen atoms in total. The van der Waals surface area contributed by atoms with Crippen LogP contribution in [0.15, 0.2) is 24.3 Å². The van der Waals surface area contributed by atoms with Gasteiger partial charge >= 0.3 is 0 Å². The largest absolute Gasteiger partial charge is 0.330 e. The summed E-state index contributed by atoms with van der Waals surface area (Å²) in [6, 6.07) is 6.98. The topological polar surface area (TPSA) is 38.0 Å². The van der Waals surface area contributed by atoms with Gasteiger partial charge in [0.15, 0.2) is 0 Å². The molecule has 0 aliphatic heterocycles. The molecule has 0 bridgehead atoms. The van der Waals surface area contributed by atoms with Crippen LogP contribution in [0.4, 0.5) is 4.39 Å². The minimum Gasteiger partial charge on any atom is -0.330 e. The number of halogens is 1. The molecule has 0 heterocycles. The summed E-state index contributed by atoms with van der Waals surface area (Å²) in [7, 11) is 0. The van der Waals surface area contributed by atoms with E-state index < -0.39 is 0 Å². The van der Waals surface area contributed by atoms with Crippen molar-refractivity contribution in [2.45, 2.75) is 25.8 Å². The molecule has 0 spiro atoms. The van der Waals surface area contributed by atoms with Crippen LogP contribution < -0.4 is 11.1 Å². The highest BCUT2D eigenvalue weighted by atomic mass is 19.1. The summed E-state index contributed by atoms with van der Waals surface area (Å²) in [5, 5.41) is 3.37. The first-order chi connectivity index (χ1) is 7.27. The molecule has 0 fully saturated rings. The Balaban J connectivity index is 2.57. The number of hydrogen-bond donors (Lipinski definition) is 2. The maximum absolute atomic E-state index is 13.0. The van der Waals surface area contributed by atoms with Crippen molar-refractivity contribution in [2.75, 3.05) is 13.1 Å². The number of nitrogens with one attached hydrogen (secondary N) is 1. The summed E-state index contributed by atoms with van der Waals surface area (Å²) in [4.78, 5) is 0. The SMILES string of the molecule is CCC(NCCCN)c1cccc(F)c1. The van der Waals surface area contributed by atoms with Crippen molar-refractivity contribution in [3.05, 3.63) is 35.6 Å². The van der Waals surface area contributed by atoms with Gasteiger partial charge in [-0.2, -0.15) is 0 Å². The molecule has 1 aromatic carbocycles. The smallest absolute Gasteiger partial charge is 0.123 e. The molecule has 1 aromatic rings. The van der Waals surface area contributed by atoms with Crippen LogP contribution in [-0.4, -0.2) is 13.1 Å². The summed E-state index contributed by atoms with van der Waals surface area (Å²) in [6.07, 6.45) is 1.90. The van der Waals surface area contributed by atoms with Crippen molar-refractivity contribution in [2.24, 2.45) is 5.73 Å². The minimum absolute atomic E-state index is 0.174. The molecule has 0 saturated carbocycles. The third-order valence-electron chi connectivity index (χ3n) is 2.43. The van der Waals surface area contributed by atoms with E-state index in [1.807, 2.05) is 6.07 Å². The molecule has 1 atom stereocenters. The van der Waals surface area contributed by atoms with Crippen molar-refractivity contribution >= 4 is 0 Å². The standard InChI is InChI=1S/C12H19FN2/c1-2-12(15-8-4-7-14)10-5-3-6-11(13)9-10/h3,5-6,9,12,15H,2,4,7-8,14H2,1H3. The summed E-state index contributed by atoms with van der Waals surface area (Å²) >= 11 is 0. The molecule has 3 heteroatoms. The second-order valence-corrected chi connectivity index (χ2v) is 3.61. The fourth-order valence-electron chi connectivity index (χ4n) is 1.60. The van der Waals surface area contributed by atoms with Gasteiger partial charge in [0.1, 0.15) is 5.82 Å². The highest BCUT2D eigenvalue weighted by Gasteiger charge is 2.08. The van der Waals surface area contributed by atoms with E-state index >= 15 is 0 Å². The lowest BCUT2D eigenvalue weighted by Gasteiger charge is -2.17. The van der Waals surface area contributed by atoms with Gasteiger partial charge in [-0.15, -0.1) is 0 Å². The van der Waals surface area contributed by atoms with Gasteiger partial charge < -0.3 is 11.1 Å². The third-order valence-corrected chi connectivity index (χ3v) is 2.43. The monoisotopic (exact) mass is 210 g/mol.